The molecule has 0 aromatic heterocycles. The van der Waals surface area contributed by atoms with Gasteiger partial charge >= 0.3 is 18.0 Å². The SMILES string of the molecule is CC[C@@H]1OC(=O)[C@H](C)C(=O)[C@H](C)[C@@H](O[C@@H]2O[C@H](C)C[C@H](N(C)C)[C@H]2OC(=O)c2ccccc2)[C@](C)(OC)C[C@@H](C)C(=O)[C@@H](C)[C@H]2N(NC(=O)[C@@H](N)Cc3ccccc3)C(=O)O[C@]12C. The standard InChI is InChI=1S/C47H66N4O12/c1-12-35-47(8)39(51(45(57)63-47)49-41(54)33(48)24-31-19-15-13-16-20-31)28(4)36(52)26(2)25-46(7,58-11)40(29(5)37(53)30(6)42(55)60-35)62-44-38(34(50(9)10)23-27(3)59-44)61-43(56)32-21-17-14-18-22-32/h13-22,26-30,33-35,38-40,44H,12,23-25,48H2,1-11H3,(H,49,54)/t26-,27-,28-,29+,30-,33+,34+,35+,38-,39-,40-,44+,46-,47-/m1/s1. The first-order valence-corrected chi connectivity index (χ1v) is 21.9. The normalized spacial score (nSPS) is 34.9. The molecule has 0 bridgehead atoms. The highest BCUT2D eigenvalue weighted by Gasteiger charge is 2.61. The summed E-state index contributed by atoms with van der Waals surface area (Å²) in [6.07, 6.45) is -5.10. The number of nitrogens with one attached hydrogen (secondary N) is 1. The minimum absolute atomic E-state index is 0.00854. The lowest BCUT2D eigenvalue weighted by Gasteiger charge is -2.47. The van der Waals surface area contributed by atoms with E-state index in [1.807, 2.05) is 56.3 Å². The molecule has 16 nitrogen and oxygen atoms in total. The van der Waals surface area contributed by atoms with E-state index in [9.17, 15) is 28.8 Å². The molecule has 3 aliphatic rings. The smallest absolute Gasteiger partial charge is 0.429 e. The molecule has 0 saturated carbocycles. The van der Waals surface area contributed by atoms with Gasteiger partial charge in [0, 0.05) is 24.9 Å². The molecule has 3 fully saturated rings. The Kier molecular flexibility index (Phi) is 16.0. The first-order chi connectivity index (χ1) is 29.7. The molecule has 63 heavy (non-hydrogen) atoms. The molecule has 346 valence electrons. The monoisotopic (exact) mass is 878 g/mol. The topological polar surface area (TPSA) is 202 Å². The molecule has 2 aromatic carbocycles. The van der Waals surface area contributed by atoms with Crippen molar-refractivity contribution in [2.45, 2.75) is 141 Å². The van der Waals surface area contributed by atoms with Crippen molar-refractivity contribution in [1.82, 2.24) is 15.3 Å². The van der Waals surface area contributed by atoms with Crippen LogP contribution in [-0.2, 0) is 54.0 Å². The molecular formula is C47H66N4O12. The average molecular weight is 879 g/mol. The average Bonchev–Trinajstić information content (AvgIpc) is 3.52. The third-order valence-corrected chi connectivity index (χ3v) is 13.2. The molecule has 14 atom stereocenters. The Balaban J connectivity index is 1.54. The van der Waals surface area contributed by atoms with Crippen molar-refractivity contribution < 1.29 is 57.2 Å². The van der Waals surface area contributed by atoms with E-state index in [2.05, 4.69) is 5.43 Å². The van der Waals surface area contributed by atoms with Crippen molar-refractivity contribution in [2.24, 2.45) is 29.4 Å². The Labute approximate surface area is 370 Å². The molecule has 0 aliphatic carbocycles. The fraction of sp³-hybridized carbons (Fsp3) is 0.617. The molecule has 0 radical (unpaired) electrons. The molecule has 5 rings (SSSR count). The number of ether oxygens (including phenoxy) is 6. The zero-order chi connectivity index (χ0) is 46.6. The van der Waals surface area contributed by atoms with Crippen LogP contribution in [0.2, 0.25) is 0 Å². The van der Waals surface area contributed by atoms with Gasteiger partial charge < -0.3 is 39.1 Å². The number of carbonyl (C=O) groups excluding carboxylic acids is 6. The number of esters is 2. The number of benzene rings is 2. The Morgan fingerprint density at radius 2 is 1.56 bits per heavy atom. The molecule has 2 aromatic rings. The number of hydrogen-bond acceptors (Lipinski definition) is 14. The first-order valence-electron chi connectivity index (χ1n) is 21.9. The van der Waals surface area contributed by atoms with Crippen molar-refractivity contribution in [3.05, 3.63) is 71.8 Å². The van der Waals surface area contributed by atoms with Crippen molar-refractivity contribution in [1.29, 1.82) is 0 Å². The van der Waals surface area contributed by atoms with Gasteiger partial charge in [-0.25, -0.2) is 14.6 Å². The predicted molar refractivity (Wildman–Crippen MR) is 231 cm³/mol. The van der Waals surface area contributed by atoms with Gasteiger partial charge in [0.2, 0.25) is 0 Å². The zero-order valence-corrected chi connectivity index (χ0v) is 38.4. The summed E-state index contributed by atoms with van der Waals surface area (Å²) >= 11 is 0. The second kappa shape index (κ2) is 20.4. The van der Waals surface area contributed by atoms with Gasteiger partial charge in [0.05, 0.1) is 35.5 Å². The second-order valence-corrected chi connectivity index (χ2v) is 18.1. The Morgan fingerprint density at radius 1 is 0.937 bits per heavy atom. The van der Waals surface area contributed by atoms with Gasteiger partial charge in [-0.3, -0.25) is 24.6 Å². The maximum atomic E-state index is 14.8. The number of hydrogen-bond donors (Lipinski definition) is 2. The Morgan fingerprint density at radius 3 is 2.14 bits per heavy atom. The number of nitrogens with two attached hydrogens (primary N) is 1. The highest BCUT2D eigenvalue weighted by molar-refractivity contribution is 6.00. The fourth-order valence-electron chi connectivity index (χ4n) is 9.52. The van der Waals surface area contributed by atoms with Gasteiger partial charge in [-0.05, 0) is 85.2 Å². The summed E-state index contributed by atoms with van der Waals surface area (Å²) in [5, 5.41) is 0.975. The molecule has 16 heteroatoms. The molecule has 0 unspecified atom stereocenters. The predicted octanol–water partition coefficient (Wildman–Crippen LogP) is 4.66. The van der Waals surface area contributed by atoms with Crippen LogP contribution >= 0.6 is 0 Å². The number of nitrogens with zero attached hydrogens (tertiary/aromatic N) is 2. The second-order valence-electron chi connectivity index (χ2n) is 18.1. The molecule has 3 saturated heterocycles. The quantitative estimate of drug-likeness (QED) is 0.179. The van der Waals surface area contributed by atoms with Crippen LogP contribution in [0.25, 0.3) is 0 Å². The summed E-state index contributed by atoms with van der Waals surface area (Å²) in [6.45, 7) is 13.3. The number of likely N-dealkylation sites (N-methyl/N-ethyl adjacent to an activating group) is 1. The molecular weight excluding hydrogens is 813 g/mol. The van der Waals surface area contributed by atoms with Crippen molar-refractivity contribution in [3.63, 3.8) is 0 Å². The number of rotatable bonds is 11. The molecule has 2 amide bonds. The first kappa shape index (κ1) is 49.3. The lowest BCUT2D eigenvalue weighted by Crippen LogP contribution is -2.62. The van der Waals surface area contributed by atoms with E-state index in [1.165, 1.54) is 14.0 Å². The summed E-state index contributed by atoms with van der Waals surface area (Å²) in [7, 11) is 5.17. The van der Waals surface area contributed by atoms with Crippen LogP contribution in [0, 0.1) is 23.7 Å². The van der Waals surface area contributed by atoms with E-state index in [-0.39, 0.29) is 37.2 Å². The van der Waals surface area contributed by atoms with Crippen LogP contribution in [0.5, 0.6) is 0 Å². The number of cyclic esters (lactones) is 1. The van der Waals surface area contributed by atoms with Crippen molar-refractivity contribution in [2.75, 3.05) is 21.2 Å². The van der Waals surface area contributed by atoms with Gasteiger partial charge in [-0.15, -0.1) is 0 Å². The summed E-state index contributed by atoms with van der Waals surface area (Å²) in [4.78, 5) is 86.6. The van der Waals surface area contributed by atoms with Gasteiger partial charge in [-0.2, -0.15) is 0 Å². The minimum Gasteiger partial charge on any atom is -0.457 e. The van der Waals surface area contributed by atoms with E-state index >= 15 is 0 Å². The van der Waals surface area contributed by atoms with E-state index in [0.717, 1.165) is 10.6 Å². The highest BCUT2D eigenvalue weighted by Crippen LogP contribution is 2.43. The molecule has 3 heterocycles. The van der Waals surface area contributed by atoms with Gasteiger partial charge in [0.25, 0.3) is 5.91 Å². The van der Waals surface area contributed by atoms with Crippen LogP contribution in [-0.4, -0.2) is 127 Å². The van der Waals surface area contributed by atoms with Crippen LogP contribution in [0.15, 0.2) is 60.7 Å². The number of ketones is 2. The third kappa shape index (κ3) is 10.6. The fourth-order valence-corrected chi connectivity index (χ4v) is 9.52. The third-order valence-electron chi connectivity index (χ3n) is 13.2. The molecule has 3 aliphatic heterocycles. The minimum atomic E-state index is -1.67. The van der Waals surface area contributed by atoms with Crippen LogP contribution < -0.4 is 11.2 Å². The Bertz CT molecular complexity index is 1950. The van der Waals surface area contributed by atoms with E-state index in [1.54, 1.807) is 71.9 Å². The number of hydrazine groups is 1. The maximum Gasteiger partial charge on any atom is 0.429 e. The summed E-state index contributed by atoms with van der Waals surface area (Å²) in [5.74, 6) is -7.33. The number of fused-ring (bicyclic) bond motifs is 1. The van der Waals surface area contributed by atoms with Gasteiger partial charge in [0.1, 0.15) is 23.8 Å². The number of Topliss-reactive ketones (excluding diaryl/α,β-unsaturated/α-hetero) is 2. The van der Waals surface area contributed by atoms with Crippen molar-refractivity contribution >= 4 is 35.5 Å². The number of carbonyl (C=O) groups is 6. The van der Waals surface area contributed by atoms with E-state index < -0.39 is 101 Å². The zero-order valence-electron chi connectivity index (χ0n) is 38.4. The van der Waals surface area contributed by atoms with E-state index in [4.69, 9.17) is 34.2 Å². The molecule has 0 spiro atoms. The van der Waals surface area contributed by atoms with Crippen LogP contribution in [0.3, 0.4) is 0 Å². The van der Waals surface area contributed by atoms with E-state index in [0.29, 0.717) is 12.0 Å². The number of amides is 2. The maximum absolute atomic E-state index is 14.8. The summed E-state index contributed by atoms with van der Waals surface area (Å²) in [5.41, 5.74) is 6.99. The Hall–Kier alpha value is -4.74. The largest absolute Gasteiger partial charge is 0.457 e. The van der Waals surface area contributed by atoms with Crippen LogP contribution in [0.4, 0.5) is 4.79 Å². The molecule has 3 N–H and O–H groups in total. The summed E-state index contributed by atoms with van der Waals surface area (Å²) in [6, 6.07) is 15.0. The van der Waals surface area contributed by atoms with Crippen molar-refractivity contribution in [3.8, 4) is 0 Å². The van der Waals surface area contributed by atoms with Gasteiger partial charge in [0.15, 0.2) is 23.8 Å². The highest BCUT2D eigenvalue weighted by atomic mass is 16.7. The lowest BCUT2D eigenvalue weighted by atomic mass is 9.73. The van der Waals surface area contributed by atoms with Crippen LogP contribution in [0.1, 0.15) is 90.6 Å². The lowest BCUT2D eigenvalue weighted by molar-refractivity contribution is -0.294. The number of methoxy groups -OCH3 is 1. The summed E-state index contributed by atoms with van der Waals surface area (Å²) < 4.78 is 37.8. The van der Waals surface area contributed by atoms with Gasteiger partial charge in [-0.1, -0.05) is 76.2 Å².